The van der Waals surface area contributed by atoms with Crippen molar-refractivity contribution in [2.24, 2.45) is 0 Å². The van der Waals surface area contributed by atoms with Gasteiger partial charge in [0, 0.05) is 44.9 Å². The molecule has 0 saturated heterocycles. The Morgan fingerprint density at radius 3 is 2.73 bits per heavy atom. The summed E-state index contributed by atoms with van der Waals surface area (Å²) in [5.74, 6) is 0. The van der Waals surface area contributed by atoms with Crippen LogP contribution in [0.15, 0.2) is 48.5 Å². The minimum atomic E-state index is -0.444. The Bertz CT molecular complexity index is 794. The van der Waals surface area contributed by atoms with Crippen molar-refractivity contribution in [2.75, 3.05) is 19.6 Å². The Balaban J connectivity index is 1.38. The summed E-state index contributed by atoms with van der Waals surface area (Å²) in [5.41, 5.74) is 3.48. The summed E-state index contributed by atoms with van der Waals surface area (Å²) in [6.07, 6.45) is 1.04. The quantitative estimate of drug-likeness (QED) is 0.616. The van der Waals surface area contributed by atoms with Gasteiger partial charge in [0.1, 0.15) is 0 Å². The maximum atomic E-state index is 11.9. The van der Waals surface area contributed by atoms with Gasteiger partial charge in [-0.3, -0.25) is 15.0 Å². The fourth-order valence-corrected chi connectivity index (χ4v) is 3.10. The third kappa shape index (κ3) is 4.80. The van der Waals surface area contributed by atoms with Gasteiger partial charge in [-0.25, -0.2) is 4.79 Å². The summed E-state index contributed by atoms with van der Waals surface area (Å²) in [4.78, 5) is 24.5. The van der Waals surface area contributed by atoms with Gasteiger partial charge in [-0.15, -0.1) is 0 Å². The Kier molecular flexibility index (Phi) is 5.80. The van der Waals surface area contributed by atoms with Crippen molar-refractivity contribution in [1.29, 1.82) is 0 Å². The highest BCUT2D eigenvalue weighted by Gasteiger charge is 2.15. The molecule has 2 N–H and O–H groups in total. The number of carbonyl (C=O) groups is 1. The van der Waals surface area contributed by atoms with E-state index in [1.165, 1.54) is 23.3 Å². The number of nitrogens with zero attached hydrogens (tertiary/aromatic N) is 2. The van der Waals surface area contributed by atoms with Gasteiger partial charge in [-0.1, -0.05) is 36.4 Å². The van der Waals surface area contributed by atoms with Gasteiger partial charge in [-0.05, 0) is 23.1 Å². The summed E-state index contributed by atoms with van der Waals surface area (Å²) in [6, 6.07) is 14.4. The molecule has 0 saturated carbocycles. The van der Waals surface area contributed by atoms with Gasteiger partial charge < -0.3 is 10.6 Å². The zero-order valence-electron chi connectivity index (χ0n) is 14.5. The Labute approximate surface area is 152 Å². The van der Waals surface area contributed by atoms with Crippen LogP contribution in [0.1, 0.15) is 16.7 Å². The van der Waals surface area contributed by atoms with Crippen LogP contribution in [0.2, 0.25) is 0 Å². The third-order valence-electron chi connectivity index (χ3n) is 4.50. The molecule has 0 atom stereocenters. The van der Waals surface area contributed by atoms with Crippen molar-refractivity contribution in [3.8, 4) is 0 Å². The highest BCUT2D eigenvalue weighted by Crippen LogP contribution is 2.17. The number of nitro benzene ring substituents is 1. The fraction of sp³-hybridized carbons (Fsp3) is 0.316. The lowest BCUT2D eigenvalue weighted by molar-refractivity contribution is -0.384. The monoisotopic (exact) mass is 354 g/mol. The van der Waals surface area contributed by atoms with Crippen LogP contribution in [0.4, 0.5) is 10.5 Å². The van der Waals surface area contributed by atoms with E-state index in [1.807, 2.05) is 0 Å². The average Bonchev–Trinajstić information content (AvgIpc) is 2.66. The van der Waals surface area contributed by atoms with Crippen LogP contribution in [0, 0.1) is 10.1 Å². The molecule has 1 aliphatic rings. The van der Waals surface area contributed by atoms with Crippen molar-refractivity contribution in [2.45, 2.75) is 19.5 Å². The summed E-state index contributed by atoms with van der Waals surface area (Å²) in [7, 11) is 0. The lowest BCUT2D eigenvalue weighted by atomic mass is 10.00. The SMILES string of the molecule is O=C(NCCN1CCc2ccccc2C1)NCc1cccc([N+](=O)[O-])c1. The molecule has 136 valence electrons. The van der Waals surface area contributed by atoms with E-state index in [0.717, 1.165) is 26.1 Å². The third-order valence-corrected chi connectivity index (χ3v) is 4.50. The summed E-state index contributed by atoms with van der Waals surface area (Å²) in [5, 5.41) is 16.3. The molecule has 7 heteroatoms. The Morgan fingerprint density at radius 1 is 1.12 bits per heavy atom. The van der Waals surface area contributed by atoms with Crippen molar-refractivity contribution < 1.29 is 9.72 Å². The molecule has 0 unspecified atom stereocenters. The van der Waals surface area contributed by atoms with Crippen molar-refractivity contribution in [3.63, 3.8) is 0 Å². The van der Waals surface area contributed by atoms with Crippen molar-refractivity contribution in [1.82, 2.24) is 15.5 Å². The number of hydrogen-bond donors (Lipinski definition) is 2. The molecule has 2 amide bonds. The number of urea groups is 1. The fourth-order valence-electron chi connectivity index (χ4n) is 3.10. The van der Waals surface area contributed by atoms with Gasteiger partial charge in [0.05, 0.1) is 4.92 Å². The summed E-state index contributed by atoms with van der Waals surface area (Å²) in [6.45, 7) is 3.51. The van der Waals surface area contributed by atoms with Gasteiger partial charge in [0.15, 0.2) is 0 Å². The Morgan fingerprint density at radius 2 is 1.92 bits per heavy atom. The first kappa shape index (κ1) is 17.9. The molecule has 0 aliphatic carbocycles. The lowest BCUT2D eigenvalue weighted by Gasteiger charge is -2.28. The predicted octanol–water partition coefficient (Wildman–Crippen LogP) is 2.45. The van der Waals surface area contributed by atoms with Crippen molar-refractivity contribution in [3.05, 3.63) is 75.3 Å². The number of rotatable bonds is 6. The molecule has 26 heavy (non-hydrogen) atoms. The second-order valence-corrected chi connectivity index (χ2v) is 6.33. The molecule has 0 radical (unpaired) electrons. The molecule has 0 bridgehead atoms. The van der Waals surface area contributed by atoms with E-state index < -0.39 is 4.92 Å². The molecular weight excluding hydrogens is 332 g/mol. The van der Waals surface area contributed by atoms with Gasteiger partial charge in [0.25, 0.3) is 5.69 Å². The maximum absolute atomic E-state index is 11.9. The largest absolute Gasteiger partial charge is 0.337 e. The van der Waals surface area contributed by atoms with Gasteiger partial charge >= 0.3 is 6.03 Å². The molecule has 0 spiro atoms. The summed E-state index contributed by atoms with van der Waals surface area (Å²) < 4.78 is 0. The van der Waals surface area contributed by atoms with Crippen LogP contribution in [-0.2, 0) is 19.5 Å². The predicted molar refractivity (Wildman–Crippen MR) is 98.8 cm³/mol. The zero-order chi connectivity index (χ0) is 18.4. The molecule has 1 aliphatic heterocycles. The number of benzene rings is 2. The van der Waals surface area contributed by atoms with Crippen LogP contribution in [-0.4, -0.2) is 35.5 Å². The molecule has 2 aromatic carbocycles. The van der Waals surface area contributed by atoms with Crippen LogP contribution >= 0.6 is 0 Å². The number of nitro groups is 1. The molecule has 2 aromatic rings. The number of hydrogen-bond acceptors (Lipinski definition) is 4. The van der Waals surface area contributed by atoms with E-state index in [9.17, 15) is 14.9 Å². The minimum absolute atomic E-state index is 0.0232. The smallest absolute Gasteiger partial charge is 0.315 e. The molecule has 3 rings (SSSR count). The van der Waals surface area contributed by atoms with Crippen LogP contribution in [0.3, 0.4) is 0 Å². The van der Waals surface area contributed by atoms with Crippen LogP contribution < -0.4 is 10.6 Å². The standard InChI is InChI=1S/C19H22N4O3/c24-19(21-13-15-4-3-7-18(12-15)23(25)26)20-9-11-22-10-8-16-5-1-2-6-17(16)14-22/h1-7,12H,8-11,13-14H2,(H2,20,21,24). The zero-order valence-corrected chi connectivity index (χ0v) is 14.5. The number of non-ortho nitro benzene ring substituents is 1. The number of carbonyl (C=O) groups excluding carboxylic acids is 1. The first-order chi connectivity index (χ1) is 12.6. The van der Waals surface area contributed by atoms with E-state index in [2.05, 4.69) is 39.8 Å². The van der Waals surface area contributed by atoms with Gasteiger partial charge in [0.2, 0.25) is 0 Å². The van der Waals surface area contributed by atoms with E-state index in [1.54, 1.807) is 12.1 Å². The van der Waals surface area contributed by atoms with Crippen LogP contribution in [0.5, 0.6) is 0 Å². The van der Waals surface area contributed by atoms with E-state index in [-0.39, 0.29) is 18.3 Å². The Hall–Kier alpha value is -2.93. The number of fused-ring (bicyclic) bond motifs is 1. The van der Waals surface area contributed by atoms with Crippen LogP contribution in [0.25, 0.3) is 0 Å². The molecule has 7 nitrogen and oxygen atoms in total. The van der Waals surface area contributed by atoms with Crippen molar-refractivity contribution >= 4 is 11.7 Å². The second-order valence-electron chi connectivity index (χ2n) is 6.33. The van der Waals surface area contributed by atoms with E-state index in [4.69, 9.17) is 0 Å². The van der Waals surface area contributed by atoms with E-state index in [0.29, 0.717) is 12.1 Å². The highest BCUT2D eigenvalue weighted by molar-refractivity contribution is 5.73. The molecule has 1 heterocycles. The molecule has 0 fully saturated rings. The number of nitrogens with one attached hydrogen (secondary N) is 2. The molecular formula is C19H22N4O3. The summed E-state index contributed by atoms with van der Waals surface area (Å²) >= 11 is 0. The second kappa shape index (κ2) is 8.44. The molecule has 0 aromatic heterocycles. The van der Waals surface area contributed by atoms with E-state index >= 15 is 0 Å². The topological polar surface area (TPSA) is 87.5 Å². The normalized spacial score (nSPS) is 13.7. The first-order valence-corrected chi connectivity index (χ1v) is 8.66. The highest BCUT2D eigenvalue weighted by atomic mass is 16.6. The first-order valence-electron chi connectivity index (χ1n) is 8.66. The average molecular weight is 354 g/mol. The number of amides is 2. The lowest BCUT2D eigenvalue weighted by Crippen LogP contribution is -2.41. The van der Waals surface area contributed by atoms with Gasteiger partial charge in [-0.2, -0.15) is 0 Å². The maximum Gasteiger partial charge on any atom is 0.315 e. The minimum Gasteiger partial charge on any atom is -0.337 e.